The monoisotopic (exact) mass is 639 g/mol. The predicted molar refractivity (Wildman–Crippen MR) is 174 cm³/mol. The number of pyridine rings is 1. The second-order valence-corrected chi connectivity index (χ2v) is 11.9. The second kappa shape index (κ2) is 16.1. The number of unbranched alkanes of at least 4 members (excludes halogenated alkanes) is 1. The maximum atomic E-state index is 14.3. The van der Waals surface area contributed by atoms with Gasteiger partial charge in [-0.15, -0.1) is 0 Å². The summed E-state index contributed by atoms with van der Waals surface area (Å²) < 4.78 is 34.1. The summed E-state index contributed by atoms with van der Waals surface area (Å²) in [4.78, 5) is 35.7. The number of halogens is 2. The van der Waals surface area contributed by atoms with Crippen molar-refractivity contribution < 1.29 is 23.1 Å². The standard InChI is InChI=1S/C37H39F2N5O3/c1-5-6-10-33(45)31(22-41)36(34-25(4)11-18-30(21-40)42-34)43-19-20-44(32(23-43)37(46)47-24(2)3)35(27-13-16-29(39)17-14-27)26-8-7-9-28(38)15-12-26/h7,9,11-18,24,32,35H,5-6,8,10,19-20,23H2,1-4H3/b36-31+. The first kappa shape index (κ1) is 34.9. The van der Waals surface area contributed by atoms with Gasteiger partial charge < -0.3 is 9.64 Å². The Morgan fingerprint density at radius 3 is 2.49 bits per heavy atom. The Hall–Kier alpha value is -4.93. The molecule has 244 valence electrons. The molecular weight excluding hydrogens is 600 g/mol. The Morgan fingerprint density at radius 2 is 1.83 bits per heavy atom. The smallest absolute Gasteiger partial charge is 0.325 e. The number of aromatic nitrogens is 1. The third kappa shape index (κ3) is 8.46. The van der Waals surface area contributed by atoms with Crippen LogP contribution in [0.25, 0.3) is 5.70 Å². The molecule has 10 heteroatoms. The molecule has 0 spiro atoms. The van der Waals surface area contributed by atoms with Crippen LogP contribution in [-0.2, 0) is 14.3 Å². The van der Waals surface area contributed by atoms with Crippen LogP contribution >= 0.6 is 0 Å². The van der Waals surface area contributed by atoms with Crippen molar-refractivity contribution in [2.24, 2.45) is 0 Å². The van der Waals surface area contributed by atoms with E-state index in [0.29, 0.717) is 29.7 Å². The van der Waals surface area contributed by atoms with Crippen LogP contribution in [-0.4, -0.2) is 58.3 Å². The zero-order chi connectivity index (χ0) is 34.1. The molecule has 2 aliphatic rings. The Balaban J connectivity index is 1.88. The molecule has 2 aromatic rings. The van der Waals surface area contributed by atoms with Gasteiger partial charge in [0.1, 0.15) is 41.1 Å². The summed E-state index contributed by atoms with van der Waals surface area (Å²) >= 11 is 0. The third-order valence-electron chi connectivity index (χ3n) is 8.14. The molecule has 1 aliphatic heterocycles. The summed E-state index contributed by atoms with van der Waals surface area (Å²) in [6, 6.07) is 12.0. The Morgan fingerprint density at radius 1 is 1.09 bits per heavy atom. The van der Waals surface area contributed by atoms with E-state index in [9.17, 15) is 28.9 Å². The summed E-state index contributed by atoms with van der Waals surface area (Å²) in [5, 5.41) is 20.0. The van der Waals surface area contributed by atoms with Crippen LogP contribution < -0.4 is 0 Å². The number of carbonyl (C=O) groups excluding carboxylic acids is 2. The Labute approximate surface area is 274 Å². The lowest BCUT2D eigenvalue weighted by Gasteiger charge is -2.46. The van der Waals surface area contributed by atoms with Crippen molar-refractivity contribution in [2.45, 2.75) is 71.6 Å². The second-order valence-electron chi connectivity index (χ2n) is 11.9. The first-order chi connectivity index (χ1) is 22.6. The van der Waals surface area contributed by atoms with E-state index in [1.54, 1.807) is 57.2 Å². The van der Waals surface area contributed by atoms with Gasteiger partial charge in [0, 0.05) is 26.1 Å². The summed E-state index contributed by atoms with van der Waals surface area (Å²) in [5.41, 5.74) is 2.79. The molecule has 0 N–H and O–H groups in total. The van der Waals surface area contributed by atoms with E-state index in [-0.39, 0.29) is 48.8 Å². The van der Waals surface area contributed by atoms with Gasteiger partial charge in [0.15, 0.2) is 5.78 Å². The molecule has 8 nitrogen and oxygen atoms in total. The quantitative estimate of drug-likeness (QED) is 0.150. The first-order valence-electron chi connectivity index (χ1n) is 15.8. The van der Waals surface area contributed by atoms with Gasteiger partial charge in [-0.05, 0) is 80.7 Å². The molecule has 0 bridgehead atoms. The van der Waals surface area contributed by atoms with Crippen LogP contribution in [0.1, 0.15) is 75.0 Å². The van der Waals surface area contributed by atoms with Crippen molar-refractivity contribution in [1.82, 2.24) is 14.8 Å². The first-order valence-corrected chi connectivity index (χ1v) is 15.8. The lowest BCUT2D eigenvalue weighted by Crippen LogP contribution is -2.57. The molecule has 1 aromatic heterocycles. The van der Waals surface area contributed by atoms with Crippen LogP contribution in [0.2, 0.25) is 0 Å². The number of ether oxygens (including phenoxy) is 1. The maximum Gasteiger partial charge on any atom is 0.325 e. The molecule has 0 amide bonds. The van der Waals surface area contributed by atoms with Crippen LogP contribution in [0, 0.1) is 35.4 Å². The van der Waals surface area contributed by atoms with Crippen molar-refractivity contribution in [3.05, 3.63) is 106 Å². The van der Waals surface area contributed by atoms with Gasteiger partial charge in [0.25, 0.3) is 0 Å². The van der Waals surface area contributed by atoms with Gasteiger partial charge in [0.05, 0.1) is 23.5 Å². The van der Waals surface area contributed by atoms with E-state index >= 15 is 0 Å². The highest BCUT2D eigenvalue weighted by atomic mass is 19.1. The molecule has 2 unspecified atom stereocenters. The number of piperazine rings is 1. The van der Waals surface area contributed by atoms with Gasteiger partial charge in [-0.25, -0.2) is 13.8 Å². The number of esters is 1. The van der Waals surface area contributed by atoms with E-state index in [1.807, 2.05) is 22.8 Å². The van der Waals surface area contributed by atoms with Crippen LogP contribution in [0.5, 0.6) is 0 Å². The minimum absolute atomic E-state index is 0.0238. The fourth-order valence-corrected chi connectivity index (χ4v) is 5.88. The van der Waals surface area contributed by atoms with Gasteiger partial charge >= 0.3 is 5.97 Å². The highest BCUT2D eigenvalue weighted by Crippen LogP contribution is 2.38. The van der Waals surface area contributed by atoms with Crippen LogP contribution in [0.15, 0.2) is 77.7 Å². The normalized spacial score (nSPS) is 17.9. The number of benzene rings is 1. The summed E-state index contributed by atoms with van der Waals surface area (Å²) in [6.45, 7) is 7.80. The molecule has 4 rings (SSSR count). The van der Waals surface area contributed by atoms with Gasteiger partial charge in [-0.3, -0.25) is 14.5 Å². The average Bonchev–Trinajstić information content (AvgIpc) is 3.27. The number of hydrogen-bond acceptors (Lipinski definition) is 8. The summed E-state index contributed by atoms with van der Waals surface area (Å²) in [7, 11) is 0. The molecule has 47 heavy (non-hydrogen) atoms. The van der Waals surface area contributed by atoms with E-state index < -0.39 is 35.8 Å². The average molecular weight is 640 g/mol. The molecule has 2 atom stereocenters. The number of ketones is 1. The fraction of sp³-hybridized carbons (Fsp3) is 0.378. The number of aryl methyl sites for hydroxylation is 1. The summed E-state index contributed by atoms with van der Waals surface area (Å²) in [5.74, 6) is -1.69. The molecule has 1 fully saturated rings. The minimum Gasteiger partial charge on any atom is -0.462 e. The van der Waals surface area contributed by atoms with E-state index in [0.717, 1.165) is 12.0 Å². The molecule has 0 radical (unpaired) electrons. The van der Waals surface area contributed by atoms with E-state index in [4.69, 9.17) is 4.74 Å². The molecule has 1 saturated heterocycles. The largest absolute Gasteiger partial charge is 0.462 e. The summed E-state index contributed by atoms with van der Waals surface area (Å²) in [6.07, 6.45) is 7.62. The maximum absolute atomic E-state index is 14.3. The van der Waals surface area contributed by atoms with Crippen molar-refractivity contribution in [3.63, 3.8) is 0 Å². The number of rotatable bonds is 11. The van der Waals surface area contributed by atoms with Gasteiger partial charge in [-0.2, -0.15) is 10.5 Å². The predicted octanol–water partition coefficient (Wildman–Crippen LogP) is 6.81. The lowest BCUT2D eigenvalue weighted by molar-refractivity contribution is -0.156. The van der Waals surface area contributed by atoms with Crippen LogP contribution in [0.3, 0.4) is 0 Å². The number of carbonyl (C=O) groups is 2. The lowest BCUT2D eigenvalue weighted by atomic mass is 9.91. The topological polar surface area (TPSA) is 110 Å². The van der Waals surface area contributed by atoms with Crippen molar-refractivity contribution in [2.75, 3.05) is 19.6 Å². The number of nitriles is 2. The van der Waals surface area contributed by atoms with Gasteiger partial charge in [0.2, 0.25) is 0 Å². The van der Waals surface area contributed by atoms with Gasteiger partial charge in [-0.1, -0.05) is 43.7 Å². The molecule has 1 aromatic carbocycles. The van der Waals surface area contributed by atoms with Crippen molar-refractivity contribution >= 4 is 17.4 Å². The minimum atomic E-state index is -0.914. The van der Waals surface area contributed by atoms with Crippen molar-refractivity contribution in [1.29, 1.82) is 10.5 Å². The molecule has 0 saturated carbocycles. The fourth-order valence-electron chi connectivity index (χ4n) is 5.88. The molecule has 2 heterocycles. The number of Topliss-reactive ketones (excluding diaryl/α,β-unsaturated/α-hetero) is 1. The highest BCUT2D eigenvalue weighted by Gasteiger charge is 2.41. The number of hydrogen-bond donors (Lipinski definition) is 0. The van der Waals surface area contributed by atoms with Crippen molar-refractivity contribution in [3.8, 4) is 12.1 Å². The van der Waals surface area contributed by atoms with E-state index in [2.05, 4.69) is 11.1 Å². The zero-order valence-electron chi connectivity index (χ0n) is 27.2. The Bertz CT molecular complexity index is 1700. The van der Waals surface area contributed by atoms with Crippen LogP contribution in [0.4, 0.5) is 8.78 Å². The Kier molecular flexibility index (Phi) is 11.9. The van der Waals surface area contributed by atoms with E-state index in [1.165, 1.54) is 24.3 Å². The molecule has 1 aliphatic carbocycles. The molecular formula is C37H39F2N5O3. The number of nitrogens with zero attached hydrogens (tertiary/aromatic N) is 5. The SMILES string of the molecule is CCCCC(=O)/C(C#N)=C(\c1nc(C#N)ccc1C)N1CCN(C(C2=CC=C(F)C=CC2)c2ccc(F)cc2)C(C(=O)OC(C)C)C1. The third-order valence-corrected chi connectivity index (χ3v) is 8.14. The number of allylic oxidation sites excluding steroid dienone is 6. The zero-order valence-corrected chi connectivity index (χ0v) is 27.2. The highest BCUT2D eigenvalue weighted by molar-refractivity contribution is 6.06.